The first-order chi connectivity index (χ1) is 10.2. The molecule has 0 aliphatic carbocycles. The molecule has 1 heterocycles. The largest absolute Gasteiger partial charge is 0.384 e. The van der Waals surface area contributed by atoms with Gasteiger partial charge in [-0.05, 0) is 18.1 Å². The highest BCUT2D eigenvalue weighted by molar-refractivity contribution is 6.03. The first-order valence-corrected chi connectivity index (χ1v) is 6.41. The van der Waals surface area contributed by atoms with Crippen molar-refractivity contribution in [1.29, 1.82) is 0 Å². The lowest BCUT2D eigenvalue weighted by molar-refractivity contribution is 0.102. The molecule has 0 aliphatic heterocycles. The summed E-state index contributed by atoms with van der Waals surface area (Å²) in [4.78, 5) is 20.1. The Bertz CT molecular complexity index is 601. The summed E-state index contributed by atoms with van der Waals surface area (Å²) in [5, 5.41) is 2.82. The molecule has 2 rings (SSSR count). The molecule has 1 amide bonds. The predicted octanol–water partition coefficient (Wildman–Crippen LogP) is 1.20. The van der Waals surface area contributed by atoms with Crippen molar-refractivity contribution in [2.75, 3.05) is 24.5 Å². The smallest absolute Gasteiger partial charge is 0.275 e. The second-order valence-electron chi connectivity index (χ2n) is 4.29. The highest BCUT2D eigenvalue weighted by Gasteiger charge is 2.10. The van der Waals surface area contributed by atoms with Gasteiger partial charge in [0.15, 0.2) is 5.82 Å². The molecule has 2 aromatic rings. The molecular weight excluding hydrogens is 270 g/mol. The fourth-order valence-corrected chi connectivity index (χ4v) is 1.78. The number of carbonyl (C=O) groups is 1. The van der Waals surface area contributed by atoms with Crippen LogP contribution in [0.5, 0.6) is 0 Å². The molecule has 7 heteroatoms. The highest BCUT2D eigenvalue weighted by atomic mass is 16.5. The van der Waals surface area contributed by atoms with E-state index in [-0.39, 0.29) is 11.6 Å². The van der Waals surface area contributed by atoms with E-state index in [1.165, 1.54) is 12.4 Å². The van der Waals surface area contributed by atoms with Gasteiger partial charge in [0.1, 0.15) is 5.69 Å². The Balaban J connectivity index is 2.11. The lowest BCUT2D eigenvalue weighted by Gasteiger charge is -2.10. The number of hydrazine groups is 1. The Morgan fingerprint density at radius 2 is 2.10 bits per heavy atom. The number of nitrogens with zero attached hydrogens (tertiary/aromatic N) is 2. The molecule has 0 saturated carbocycles. The monoisotopic (exact) mass is 287 g/mol. The van der Waals surface area contributed by atoms with E-state index < -0.39 is 0 Å². The lowest BCUT2D eigenvalue weighted by Crippen LogP contribution is -2.16. The minimum Gasteiger partial charge on any atom is -0.384 e. The van der Waals surface area contributed by atoms with Gasteiger partial charge in [-0.15, -0.1) is 0 Å². The van der Waals surface area contributed by atoms with Gasteiger partial charge in [-0.1, -0.05) is 18.2 Å². The number of amides is 1. The number of benzene rings is 1. The number of hydrogen-bond donors (Lipinski definition) is 3. The maximum absolute atomic E-state index is 12.1. The van der Waals surface area contributed by atoms with Crippen molar-refractivity contribution in [3.63, 3.8) is 0 Å². The Morgan fingerprint density at radius 3 is 2.76 bits per heavy atom. The van der Waals surface area contributed by atoms with Gasteiger partial charge in [-0.2, -0.15) is 0 Å². The summed E-state index contributed by atoms with van der Waals surface area (Å²) in [6.45, 7) is 0.587. The number of rotatable bonds is 6. The van der Waals surface area contributed by atoms with Crippen molar-refractivity contribution in [3.05, 3.63) is 47.9 Å². The van der Waals surface area contributed by atoms with Crippen molar-refractivity contribution >= 4 is 17.4 Å². The van der Waals surface area contributed by atoms with E-state index in [2.05, 4.69) is 20.7 Å². The molecule has 0 fully saturated rings. The summed E-state index contributed by atoms with van der Waals surface area (Å²) in [6, 6.07) is 7.56. The van der Waals surface area contributed by atoms with Crippen molar-refractivity contribution in [3.8, 4) is 0 Å². The van der Waals surface area contributed by atoms with Crippen LogP contribution in [0.15, 0.2) is 36.7 Å². The third-order valence-corrected chi connectivity index (χ3v) is 2.87. The highest BCUT2D eigenvalue weighted by Crippen LogP contribution is 2.16. The number of anilines is 2. The van der Waals surface area contributed by atoms with Gasteiger partial charge in [-0.3, -0.25) is 4.79 Å². The Kier molecular flexibility index (Phi) is 5.19. The number of carbonyl (C=O) groups excluding carboxylic acids is 1. The van der Waals surface area contributed by atoms with Crippen molar-refractivity contribution < 1.29 is 9.53 Å². The second-order valence-corrected chi connectivity index (χ2v) is 4.29. The van der Waals surface area contributed by atoms with E-state index in [4.69, 9.17) is 10.6 Å². The maximum Gasteiger partial charge on any atom is 0.275 e. The standard InChI is InChI=1S/C14H17N5O2/c1-21-7-6-10-4-2-3-5-11(10)18-14(20)12-8-17-13(19-15)9-16-12/h2-5,8-9H,6-7,15H2,1H3,(H,17,19)(H,18,20). The minimum atomic E-state index is -0.323. The molecule has 1 aromatic carbocycles. The van der Waals surface area contributed by atoms with E-state index in [0.717, 1.165) is 11.3 Å². The third-order valence-electron chi connectivity index (χ3n) is 2.87. The number of aromatic nitrogens is 2. The molecule has 0 radical (unpaired) electrons. The van der Waals surface area contributed by atoms with Gasteiger partial charge in [0.2, 0.25) is 0 Å². The number of para-hydroxylation sites is 1. The van der Waals surface area contributed by atoms with E-state index in [0.29, 0.717) is 18.8 Å². The van der Waals surface area contributed by atoms with E-state index in [9.17, 15) is 4.79 Å². The average molecular weight is 287 g/mol. The molecule has 1 aromatic heterocycles. The maximum atomic E-state index is 12.1. The summed E-state index contributed by atoms with van der Waals surface area (Å²) in [7, 11) is 1.64. The van der Waals surface area contributed by atoms with Crippen LogP contribution in [0.2, 0.25) is 0 Å². The average Bonchev–Trinajstić information content (AvgIpc) is 2.54. The van der Waals surface area contributed by atoms with Crippen molar-refractivity contribution in [1.82, 2.24) is 9.97 Å². The summed E-state index contributed by atoms with van der Waals surface area (Å²) in [5.41, 5.74) is 4.31. The summed E-state index contributed by atoms with van der Waals surface area (Å²) in [5.74, 6) is 5.27. The number of hydrogen-bond acceptors (Lipinski definition) is 6. The summed E-state index contributed by atoms with van der Waals surface area (Å²) in [6.07, 6.45) is 3.47. The molecule has 110 valence electrons. The molecule has 0 unspecified atom stereocenters. The van der Waals surface area contributed by atoms with Crippen LogP contribution in [-0.4, -0.2) is 29.6 Å². The van der Waals surface area contributed by atoms with Gasteiger partial charge in [0, 0.05) is 12.8 Å². The molecular formula is C14H17N5O2. The van der Waals surface area contributed by atoms with Crippen LogP contribution >= 0.6 is 0 Å². The third kappa shape index (κ3) is 3.98. The number of nitrogen functional groups attached to an aromatic ring is 1. The number of nitrogens with two attached hydrogens (primary N) is 1. The van der Waals surface area contributed by atoms with Crippen LogP contribution in [0.3, 0.4) is 0 Å². The van der Waals surface area contributed by atoms with Crippen LogP contribution in [0.25, 0.3) is 0 Å². The normalized spacial score (nSPS) is 10.2. The van der Waals surface area contributed by atoms with Gasteiger partial charge in [-0.25, -0.2) is 15.8 Å². The van der Waals surface area contributed by atoms with E-state index >= 15 is 0 Å². The van der Waals surface area contributed by atoms with Crippen molar-refractivity contribution in [2.45, 2.75) is 6.42 Å². The zero-order valence-corrected chi connectivity index (χ0v) is 11.7. The van der Waals surface area contributed by atoms with Gasteiger partial charge in [0.25, 0.3) is 5.91 Å². The molecule has 21 heavy (non-hydrogen) atoms. The molecule has 0 saturated heterocycles. The minimum absolute atomic E-state index is 0.218. The number of methoxy groups -OCH3 is 1. The SMILES string of the molecule is COCCc1ccccc1NC(=O)c1cnc(NN)cn1. The molecule has 7 nitrogen and oxygen atoms in total. The van der Waals surface area contributed by atoms with Crippen LogP contribution in [0.4, 0.5) is 11.5 Å². The zero-order valence-electron chi connectivity index (χ0n) is 11.7. The fraction of sp³-hybridized carbons (Fsp3) is 0.214. The fourth-order valence-electron chi connectivity index (χ4n) is 1.78. The Labute approximate surface area is 122 Å². The lowest BCUT2D eigenvalue weighted by atomic mass is 10.1. The van der Waals surface area contributed by atoms with Crippen LogP contribution in [-0.2, 0) is 11.2 Å². The quantitative estimate of drug-likeness (QED) is 0.545. The van der Waals surface area contributed by atoms with Gasteiger partial charge in [0.05, 0.1) is 19.0 Å². The number of nitrogens with one attached hydrogen (secondary N) is 2. The second kappa shape index (κ2) is 7.32. The Hall–Kier alpha value is -2.51. The van der Waals surface area contributed by atoms with Gasteiger partial charge >= 0.3 is 0 Å². The summed E-state index contributed by atoms with van der Waals surface area (Å²) >= 11 is 0. The number of ether oxygens (including phenoxy) is 1. The first kappa shape index (κ1) is 14.9. The van der Waals surface area contributed by atoms with Crippen LogP contribution in [0.1, 0.15) is 16.1 Å². The zero-order chi connectivity index (χ0) is 15.1. The van der Waals surface area contributed by atoms with Gasteiger partial charge < -0.3 is 15.5 Å². The first-order valence-electron chi connectivity index (χ1n) is 6.41. The topological polar surface area (TPSA) is 102 Å². The van der Waals surface area contributed by atoms with Crippen LogP contribution in [0, 0.1) is 0 Å². The van der Waals surface area contributed by atoms with Crippen molar-refractivity contribution in [2.24, 2.45) is 5.84 Å². The molecule has 0 spiro atoms. The molecule has 4 N–H and O–H groups in total. The molecule has 0 bridgehead atoms. The molecule has 0 aliphatic rings. The predicted molar refractivity (Wildman–Crippen MR) is 79.8 cm³/mol. The summed E-state index contributed by atoms with van der Waals surface area (Å²) < 4.78 is 5.06. The van der Waals surface area contributed by atoms with E-state index in [1.54, 1.807) is 7.11 Å². The molecule has 0 atom stereocenters. The van der Waals surface area contributed by atoms with Crippen LogP contribution < -0.4 is 16.6 Å². The Morgan fingerprint density at radius 1 is 1.29 bits per heavy atom. The van der Waals surface area contributed by atoms with E-state index in [1.807, 2.05) is 24.3 Å².